The molecule has 2 aromatic rings. The highest BCUT2D eigenvalue weighted by Gasteiger charge is 2.32. The van der Waals surface area contributed by atoms with Gasteiger partial charge >= 0.3 is 0 Å². The van der Waals surface area contributed by atoms with Gasteiger partial charge in [-0.3, -0.25) is 0 Å². The molecule has 0 bridgehead atoms. The smallest absolute Gasteiger partial charge is 0.165 e. The summed E-state index contributed by atoms with van der Waals surface area (Å²) in [5, 5.41) is 3.39. The van der Waals surface area contributed by atoms with E-state index in [9.17, 15) is 0 Å². The number of fused-ring (bicyclic) bond motifs is 1. The average molecular weight is 297 g/mol. The molecule has 116 valence electrons. The molecule has 2 aromatic carbocycles. The van der Waals surface area contributed by atoms with Crippen molar-refractivity contribution in [3.05, 3.63) is 59.7 Å². The first-order chi connectivity index (χ1) is 10.6. The number of hydrogen-bond donors (Lipinski definition) is 1. The lowest BCUT2D eigenvalue weighted by atomic mass is 10.0. The Labute approximate surface area is 132 Å². The summed E-state index contributed by atoms with van der Waals surface area (Å²) >= 11 is 0. The zero-order chi connectivity index (χ0) is 15.4. The van der Waals surface area contributed by atoms with Gasteiger partial charge in [-0.2, -0.15) is 0 Å². The molecule has 3 rings (SSSR count). The maximum atomic E-state index is 6.01. The van der Waals surface area contributed by atoms with E-state index in [0.29, 0.717) is 6.61 Å². The van der Waals surface area contributed by atoms with Gasteiger partial charge in [-0.1, -0.05) is 42.5 Å². The standard InChI is InChI=1S/C19H23NO2/c1-19(2)13-16-9-6-10-17(18(16)22-19)21-12-11-20-14-15-7-4-3-5-8-15/h3-10,20H,11-14H2,1-2H3. The van der Waals surface area contributed by atoms with E-state index in [2.05, 4.69) is 49.5 Å². The van der Waals surface area contributed by atoms with E-state index in [1.807, 2.05) is 18.2 Å². The van der Waals surface area contributed by atoms with Gasteiger partial charge in [-0.05, 0) is 25.5 Å². The molecule has 1 aliphatic rings. The minimum atomic E-state index is -0.132. The first-order valence-electron chi connectivity index (χ1n) is 7.82. The van der Waals surface area contributed by atoms with E-state index in [-0.39, 0.29) is 5.60 Å². The number of ether oxygens (including phenoxy) is 2. The molecule has 0 spiro atoms. The third kappa shape index (κ3) is 3.60. The molecule has 0 radical (unpaired) electrons. The van der Waals surface area contributed by atoms with E-state index in [4.69, 9.17) is 9.47 Å². The topological polar surface area (TPSA) is 30.5 Å². The van der Waals surface area contributed by atoms with Crippen LogP contribution in [-0.4, -0.2) is 18.8 Å². The second-order valence-corrected chi connectivity index (χ2v) is 6.29. The Hall–Kier alpha value is -2.00. The number of para-hydroxylation sites is 1. The fourth-order valence-corrected chi connectivity index (χ4v) is 2.76. The Morgan fingerprint density at radius 3 is 2.73 bits per heavy atom. The minimum Gasteiger partial charge on any atom is -0.488 e. The number of hydrogen-bond acceptors (Lipinski definition) is 3. The van der Waals surface area contributed by atoms with Gasteiger partial charge in [0.25, 0.3) is 0 Å². The van der Waals surface area contributed by atoms with E-state index >= 15 is 0 Å². The fraction of sp³-hybridized carbons (Fsp3) is 0.368. The highest BCUT2D eigenvalue weighted by molar-refractivity contribution is 5.50. The molecular formula is C19H23NO2. The minimum absolute atomic E-state index is 0.132. The van der Waals surface area contributed by atoms with Crippen molar-refractivity contribution in [2.45, 2.75) is 32.4 Å². The highest BCUT2D eigenvalue weighted by Crippen LogP contribution is 2.41. The SMILES string of the molecule is CC1(C)Cc2cccc(OCCNCc3ccccc3)c2O1. The second kappa shape index (κ2) is 6.41. The third-order valence-electron chi connectivity index (χ3n) is 3.76. The maximum absolute atomic E-state index is 6.01. The van der Waals surface area contributed by atoms with Crippen LogP contribution >= 0.6 is 0 Å². The summed E-state index contributed by atoms with van der Waals surface area (Å²) in [7, 11) is 0. The van der Waals surface area contributed by atoms with Gasteiger partial charge in [0.2, 0.25) is 0 Å². The van der Waals surface area contributed by atoms with Crippen LogP contribution in [0.2, 0.25) is 0 Å². The summed E-state index contributed by atoms with van der Waals surface area (Å²) in [6.07, 6.45) is 0.936. The maximum Gasteiger partial charge on any atom is 0.165 e. The van der Waals surface area contributed by atoms with Crippen molar-refractivity contribution in [1.29, 1.82) is 0 Å². The zero-order valence-electron chi connectivity index (χ0n) is 13.3. The van der Waals surface area contributed by atoms with Crippen LogP contribution in [0.5, 0.6) is 11.5 Å². The van der Waals surface area contributed by atoms with Gasteiger partial charge in [0.15, 0.2) is 11.5 Å². The van der Waals surface area contributed by atoms with Crippen molar-refractivity contribution in [2.24, 2.45) is 0 Å². The Balaban J connectivity index is 1.48. The van der Waals surface area contributed by atoms with Gasteiger partial charge in [0.1, 0.15) is 12.2 Å². The van der Waals surface area contributed by atoms with Crippen molar-refractivity contribution in [1.82, 2.24) is 5.32 Å². The van der Waals surface area contributed by atoms with Crippen LogP contribution in [-0.2, 0) is 13.0 Å². The molecule has 1 aliphatic heterocycles. The van der Waals surface area contributed by atoms with E-state index < -0.39 is 0 Å². The number of nitrogens with one attached hydrogen (secondary N) is 1. The lowest BCUT2D eigenvalue weighted by molar-refractivity contribution is 0.132. The monoisotopic (exact) mass is 297 g/mol. The van der Waals surface area contributed by atoms with E-state index in [1.54, 1.807) is 0 Å². The van der Waals surface area contributed by atoms with Crippen molar-refractivity contribution in [3.8, 4) is 11.5 Å². The Kier molecular flexibility index (Phi) is 4.34. The second-order valence-electron chi connectivity index (χ2n) is 6.29. The van der Waals surface area contributed by atoms with Crippen LogP contribution in [0.25, 0.3) is 0 Å². The quantitative estimate of drug-likeness (QED) is 0.827. The predicted octanol–water partition coefficient (Wildman–Crippen LogP) is 3.57. The fourth-order valence-electron chi connectivity index (χ4n) is 2.76. The van der Waals surface area contributed by atoms with Crippen molar-refractivity contribution < 1.29 is 9.47 Å². The molecule has 0 aromatic heterocycles. The molecule has 1 heterocycles. The van der Waals surface area contributed by atoms with E-state index in [0.717, 1.165) is 31.0 Å². The molecule has 22 heavy (non-hydrogen) atoms. The molecule has 0 unspecified atom stereocenters. The molecule has 0 aliphatic carbocycles. The number of benzene rings is 2. The molecule has 0 amide bonds. The Bertz CT molecular complexity index is 623. The molecular weight excluding hydrogens is 274 g/mol. The largest absolute Gasteiger partial charge is 0.488 e. The molecule has 0 saturated heterocycles. The van der Waals surface area contributed by atoms with Gasteiger partial charge in [0.05, 0.1) is 0 Å². The summed E-state index contributed by atoms with van der Waals surface area (Å²) in [4.78, 5) is 0. The molecule has 0 saturated carbocycles. The van der Waals surface area contributed by atoms with Crippen molar-refractivity contribution >= 4 is 0 Å². The number of rotatable bonds is 6. The van der Waals surface area contributed by atoms with Crippen LogP contribution in [0.1, 0.15) is 25.0 Å². The molecule has 1 N–H and O–H groups in total. The van der Waals surface area contributed by atoms with Gasteiger partial charge in [-0.15, -0.1) is 0 Å². The average Bonchev–Trinajstić information content (AvgIpc) is 2.82. The van der Waals surface area contributed by atoms with Crippen LogP contribution in [0.4, 0.5) is 0 Å². The summed E-state index contributed by atoms with van der Waals surface area (Å²) in [6, 6.07) is 16.5. The first kappa shape index (κ1) is 14.9. The zero-order valence-corrected chi connectivity index (χ0v) is 13.3. The van der Waals surface area contributed by atoms with Gasteiger partial charge < -0.3 is 14.8 Å². The summed E-state index contributed by atoms with van der Waals surface area (Å²) in [5.74, 6) is 1.76. The first-order valence-corrected chi connectivity index (χ1v) is 7.82. The lowest BCUT2D eigenvalue weighted by Gasteiger charge is -2.18. The van der Waals surface area contributed by atoms with Crippen LogP contribution in [0.15, 0.2) is 48.5 Å². The highest BCUT2D eigenvalue weighted by atomic mass is 16.5. The van der Waals surface area contributed by atoms with Crippen LogP contribution in [0, 0.1) is 0 Å². The van der Waals surface area contributed by atoms with Crippen molar-refractivity contribution in [2.75, 3.05) is 13.2 Å². The van der Waals surface area contributed by atoms with E-state index in [1.165, 1.54) is 11.1 Å². The summed E-state index contributed by atoms with van der Waals surface area (Å²) in [5.41, 5.74) is 2.39. The predicted molar refractivity (Wildman–Crippen MR) is 88.5 cm³/mol. The van der Waals surface area contributed by atoms with Gasteiger partial charge in [0, 0.05) is 25.1 Å². The molecule has 3 heteroatoms. The van der Waals surface area contributed by atoms with Gasteiger partial charge in [-0.25, -0.2) is 0 Å². The van der Waals surface area contributed by atoms with Crippen molar-refractivity contribution in [3.63, 3.8) is 0 Å². The normalized spacial score (nSPS) is 15.2. The summed E-state index contributed by atoms with van der Waals surface area (Å²) < 4.78 is 11.9. The Morgan fingerprint density at radius 1 is 1.09 bits per heavy atom. The molecule has 0 fully saturated rings. The van der Waals surface area contributed by atoms with Crippen LogP contribution in [0.3, 0.4) is 0 Å². The molecule has 3 nitrogen and oxygen atoms in total. The Morgan fingerprint density at radius 2 is 1.91 bits per heavy atom. The van der Waals surface area contributed by atoms with Crippen LogP contribution < -0.4 is 14.8 Å². The third-order valence-corrected chi connectivity index (χ3v) is 3.76. The summed E-state index contributed by atoms with van der Waals surface area (Å²) in [6.45, 7) is 6.52. The lowest BCUT2D eigenvalue weighted by Crippen LogP contribution is -2.25. The molecule has 0 atom stereocenters.